The Kier molecular flexibility index (Phi) is 5.98. The second-order valence-electron chi connectivity index (χ2n) is 6.07. The van der Waals surface area contributed by atoms with E-state index in [1.807, 2.05) is 54.9 Å². The lowest BCUT2D eigenvalue weighted by Crippen LogP contribution is -2.37. The van der Waals surface area contributed by atoms with Crippen molar-refractivity contribution in [1.29, 1.82) is 0 Å². The van der Waals surface area contributed by atoms with E-state index in [4.69, 9.17) is 4.99 Å². The molecule has 0 aliphatic carbocycles. The molecule has 0 fully saturated rings. The molecule has 0 saturated heterocycles. The molecule has 0 spiro atoms. The lowest BCUT2D eigenvalue weighted by Gasteiger charge is -2.13. The van der Waals surface area contributed by atoms with Crippen LogP contribution in [0.2, 0.25) is 0 Å². The van der Waals surface area contributed by atoms with E-state index in [0.717, 1.165) is 17.6 Å². The van der Waals surface area contributed by atoms with Crippen LogP contribution >= 0.6 is 0 Å². The minimum atomic E-state index is 0.562. The monoisotopic (exact) mass is 348 g/mol. The maximum Gasteiger partial charge on any atom is 0.192 e. The summed E-state index contributed by atoms with van der Waals surface area (Å²) in [5.41, 5.74) is 2.37. The van der Waals surface area contributed by atoms with E-state index in [-0.39, 0.29) is 0 Å². The highest BCUT2D eigenvalue weighted by Crippen LogP contribution is 2.02. The number of nitrogens with zero attached hydrogens (tertiary/aromatic N) is 4. The van der Waals surface area contributed by atoms with Gasteiger partial charge in [-0.15, -0.1) is 10.2 Å². The van der Waals surface area contributed by atoms with Crippen LogP contribution in [0.3, 0.4) is 0 Å². The number of aliphatic imine (C=N–C) groups is 1. The molecule has 0 aliphatic heterocycles. The SMILES string of the molecule is Cc1nnc(CNC(=NCc2ccccc2)NCc2ccccc2)n1C. The third-order valence-electron chi connectivity index (χ3n) is 4.16. The summed E-state index contributed by atoms with van der Waals surface area (Å²) < 4.78 is 1.97. The predicted molar refractivity (Wildman–Crippen MR) is 103 cm³/mol. The zero-order chi connectivity index (χ0) is 18.2. The number of hydrogen-bond acceptors (Lipinski definition) is 3. The molecule has 0 aliphatic rings. The van der Waals surface area contributed by atoms with E-state index in [9.17, 15) is 0 Å². The van der Waals surface area contributed by atoms with E-state index in [0.29, 0.717) is 19.6 Å². The average Bonchev–Trinajstić information content (AvgIpc) is 3.01. The maximum absolute atomic E-state index is 4.70. The number of hydrogen-bond donors (Lipinski definition) is 2. The molecule has 26 heavy (non-hydrogen) atoms. The Labute approximate surface area is 154 Å². The van der Waals surface area contributed by atoms with Gasteiger partial charge in [-0.3, -0.25) is 0 Å². The Morgan fingerprint density at radius 2 is 1.50 bits per heavy atom. The summed E-state index contributed by atoms with van der Waals surface area (Å²) in [7, 11) is 1.96. The fraction of sp³-hybridized carbons (Fsp3) is 0.250. The Bertz CT molecular complexity index is 839. The van der Waals surface area contributed by atoms with Crippen LogP contribution in [0.25, 0.3) is 0 Å². The number of nitrogens with one attached hydrogen (secondary N) is 2. The first kappa shape index (κ1) is 17.7. The van der Waals surface area contributed by atoms with Gasteiger partial charge in [0.15, 0.2) is 11.8 Å². The molecule has 6 nitrogen and oxygen atoms in total. The van der Waals surface area contributed by atoms with E-state index in [1.165, 1.54) is 11.1 Å². The molecule has 2 N–H and O–H groups in total. The molecule has 0 saturated carbocycles. The smallest absolute Gasteiger partial charge is 0.192 e. The van der Waals surface area contributed by atoms with E-state index in [1.54, 1.807) is 0 Å². The molecular weight excluding hydrogens is 324 g/mol. The molecular formula is C20H24N6. The minimum Gasteiger partial charge on any atom is -0.352 e. The molecule has 134 valence electrons. The van der Waals surface area contributed by atoms with Crippen LogP contribution in [0.5, 0.6) is 0 Å². The average molecular weight is 348 g/mol. The van der Waals surface area contributed by atoms with Gasteiger partial charge in [0.05, 0.1) is 13.1 Å². The highest BCUT2D eigenvalue weighted by Gasteiger charge is 2.06. The molecule has 0 bridgehead atoms. The minimum absolute atomic E-state index is 0.562. The first-order chi connectivity index (χ1) is 12.7. The Morgan fingerprint density at radius 3 is 2.12 bits per heavy atom. The number of aryl methyl sites for hydroxylation is 1. The van der Waals surface area contributed by atoms with Crippen molar-refractivity contribution in [3.8, 4) is 0 Å². The maximum atomic E-state index is 4.70. The molecule has 3 rings (SSSR count). The van der Waals surface area contributed by atoms with Gasteiger partial charge < -0.3 is 15.2 Å². The highest BCUT2D eigenvalue weighted by atomic mass is 15.3. The number of aromatic nitrogens is 3. The Hall–Kier alpha value is -3.15. The van der Waals surface area contributed by atoms with Crippen LogP contribution in [-0.2, 0) is 26.7 Å². The van der Waals surface area contributed by atoms with Crippen LogP contribution in [-0.4, -0.2) is 20.7 Å². The van der Waals surface area contributed by atoms with Crippen molar-refractivity contribution in [3.63, 3.8) is 0 Å². The zero-order valence-corrected chi connectivity index (χ0v) is 15.2. The second kappa shape index (κ2) is 8.80. The summed E-state index contributed by atoms with van der Waals surface area (Å²) in [6, 6.07) is 20.5. The van der Waals surface area contributed by atoms with E-state index in [2.05, 4.69) is 45.1 Å². The van der Waals surface area contributed by atoms with Gasteiger partial charge in [0, 0.05) is 13.6 Å². The third-order valence-corrected chi connectivity index (χ3v) is 4.16. The lowest BCUT2D eigenvalue weighted by atomic mass is 10.2. The molecule has 1 heterocycles. The number of benzene rings is 2. The van der Waals surface area contributed by atoms with Crippen molar-refractivity contribution in [3.05, 3.63) is 83.4 Å². The summed E-state index contributed by atoms with van der Waals surface area (Å²) in [6.45, 7) is 3.82. The molecule has 1 aromatic heterocycles. The van der Waals surface area contributed by atoms with Gasteiger partial charge in [0.2, 0.25) is 0 Å². The summed E-state index contributed by atoms with van der Waals surface area (Å²) in [5, 5.41) is 15.0. The fourth-order valence-corrected chi connectivity index (χ4v) is 2.48. The van der Waals surface area contributed by atoms with E-state index >= 15 is 0 Å². The Balaban J connectivity index is 1.66. The fourth-order valence-electron chi connectivity index (χ4n) is 2.48. The number of rotatable bonds is 6. The van der Waals surface area contributed by atoms with Crippen LogP contribution in [0.15, 0.2) is 65.7 Å². The topological polar surface area (TPSA) is 67.1 Å². The molecule has 0 unspecified atom stereocenters. The van der Waals surface area contributed by atoms with Crippen molar-refractivity contribution in [2.75, 3.05) is 0 Å². The van der Waals surface area contributed by atoms with Crippen molar-refractivity contribution >= 4 is 5.96 Å². The van der Waals surface area contributed by atoms with Crippen LogP contribution < -0.4 is 10.6 Å². The van der Waals surface area contributed by atoms with Crippen molar-refractivity contribution in [2.24, 2.45) is 12.0 Å². The molecule has 3 aromatic rings. The van der Waals surface area contributed by atoms with Crippen molar-refractivity contribution in [1.82, 2.24) is 25.4 Å². The highest BCUT2D eigenvalue weighted by molar-refractivity contribution is 5.79. The third kappa shape index (κ3) is 4.92. The summed E-state index contributed by atoms with van der Waals surface area (Å²) in [5.74, 6) is 2.51. The summed E-state index contributed by atoms with van der Waals surface area (Å²) in [6.07, 6.45) is 0. The molecule has 0 radical (unpaired) electrons. The van der Waals surface area contributed by atoms with Gasteiger partial charge in [0.25, 0.3) is 0 Å². The largest absolute Gasteiger partial charge is 0.352 e. The molecule has 6 heteroatoms. The van der Waals surface area contributed by atoms with Gasteiger partial charge >= 0.3 is 0 Å². The molecule has 0 atom stereocenters. The van der Waals surface area contributed by atoms with Gasteiger partial charge in [-0.2, -0.15) is 0 Å². The van der Waals surface area contributed by atoms with E-state index < -0.39 is 0 Å². The van der Waals surface area contributed by atoms with Crippen LogP contribution in [0.4, 0.5) is 0 Å². The standard InChI is InChI=1S/C20H24N6/c1-16-24-25-19(26(16)2)15-23-20(21-13-17-9-5-3-6-10-17)22-14-18-11-7-4-8-12-18/h3-12H,13-15H2,1-2H3,(H2,21,22,23). The zero-order valence-electron chi connectivity index (χ0n) is 15.2. The summed E-state index contributed by atoms with van der Waals surface area (Å²) in [4.78, 5) is 4.70. The van der Waals surface area contributed by atoms with Gasteiger partial charge in [-0.05, 0) is 18.1 Å². The van der Waals surface area contributed by atoms with Crippen LogP contribution in [0.1, 0.15) is 22.8 Å². The normalized spacial score (nSPS) is 11.4. The van der Waals surface area contributed by atoms with Gasteiger partial charge in [-0.1, -0.05) is 60.7 Å². The first-order valence-electron chi connectivity index (χ1n) is 8.67. The van der Waals surface area contributed by atoms with Gasteiger partial charge in [0.1, 0.15) is 5.82 Å². The van der Waals surface area contributed by atoms with Crippen molar-refractivity contribution < 1.29 is 0 Å². The summed E-state index contributed by atoms with van der Waals surface area (Å²) >= 11 is 0. The van der Waals surface area contributed by atoms with Crippen molar-refractivity contribution in [2.45, 2.75) is 26.6 Å². The first-order valence-corrected chi connectivity index (χ1v) is 8.67. The number of guanidine groups is 1. The van der Waals surface area contributed by atoms with Gasteiger partial charge in [-0.25, -0.2) is 4.99 Å². The lowest BCUT2D eigenvalue weighted by molar-refractivity contribution is 0.714. The van der Waals surface area contributed by atoms with Crippen LogP contribution in [0, 0.1) is 6.92 Å². The Morgan fingerprint density at radius 1 is 0.885 bits per heavy atom. The molecule has 2 aromatic carbocycles. The second-order valence-corrected chi connectivity index (χ2v) is 6.07. The quantitative estimate of drug-likeness (QED) is 0.531. The predicted octanol–water partition coefficient (Wildman–Crippen LogP) is 2.56. The molecule has 0 amide bonds.